The molecule has 0 radical (unpaired) electrons. The number of carbonyl (C=O) groups is 3. The molecule has 0 aromatic heterocycles. The lowest BCUT2D eigenvalue weighted by Crippen LogP contribution is -2.38. The van der Waals surface area contributed by atoms with E-state index in [9.17, 15) is 14.4 Å². The van der Waals surface area contributed by atoms with Gasteiger partial charge in [0.1, 0.15) is 13.2 Å². The molecule has 0 heterocycles. The van der Waals surface area contributed by atoms with Crippen molar-refractivity contribution in [3.8, 4) is 0 Å². The van der Waals surface area contributed by atoms with Crippen molar-refractivity contribution in [1.82, 2.24) is 9.80 Å². The molecule has 0 N–H and O–H groups in total. The Bertz CT molecular complexity index is 775. The maximum atomic E-state index is 13.0. The van der Waals surface area contributed by atoms with E-state index in [2.05, 4.69) is 18.7 Å². The summed E-state index contributed by atoms with van der Waals surface area (Å²) >= 11 is 1.60. The monoisotopic (exact) mass is 783 g/mol. The Balaban J connectivity index is 4.04. The van der Waals surface area contributed by atoms with Crippen molar-refractivity contribution >= 4 is 29.6 Å². The van der Waals surface area contributed by atoms with Crippen LogP contribution in [0.1, 0.15) is 219 Å². The molecule has 0 fully saturated rings. The fourth-order valence-corrected chi connectivity index (χ4v) is 7.82. The summed E-state index contributed by atoms with van der Waals surface area (Å²) in [6.45, 7) is 6.47. The van der Waals surface area contributed by atoms with Gasteiger partial charge >= 0.3 is 11.9 Å². The Morgan fingerprint density at radius 1 is 0.426 bits per heavy atom. The maximum absolute atomic E-state index is 13.0. The molecule has 0 unspecified atom stereocenters. The lowest BCUT2D eigenvalue weighted by Gasteiger charge is -2.22. The highest BCUT2D eigenvalue weighted by Gasteiger charge is 2.16. The van der Waals surface area contributed by atoms with E-state index in [1.807, 2.05) is 14.1 Å². The predicted octanol–water partition coefficient (Wildman–Crippen LogP) is 12.7. The number of unbranched alkanes of at least 4 members (excludes halogenated alkanes) is 28. The summed E-state index contributed by atoms with van der Waals surface area (Å²) in [5, 5.41) is 0. The van der Waals surface area contributed by atoms with Crippen molar-refractivity contribution < 1.29 is 23.9 Å². The van der Waals surface area contributed by atoms with E-state index in [0.717, 1.165) is 38.0 Å². The summed E-state index contributed by atoms with van der Waals surface area (Å²) in [4.78, 5) is 41.6. The third kappa shape index (κ3) is 40.4. The quantitative estimate of drug-likeness (QED) is 0.0450. The lowest BCUT2D eigenvalue weighted by molar-refractivity contribution is -0.147. The van der Waals surface area contributed by atoms with Crippen LogP contribution in [0.4, 0.5) is 0 Å². The minimum Gasteiger partial charge on any atom is -0.464 e. The number of thioether (sulfide) groups is 1. The molecule has 8 heteroatoms. The summed E-state index contributed by atoms with van der Waals surface area (Å²) in [5.41, 5.74) is 0. The number of amides is 1. The van der Waals surface area contributed by atoms with Crippen molar-refractivity contribution in [1.29, 1.82) is 0 Å². The summed E-state index contributed by atoms with van der Waals surface area (Å²) in [5.74, 6) is 0.860. The zero-order valence-electron chi connectivity index (χ0n) is 36.4. The Morgan fingerprint density at radius 2 is 0.722 bits per heavy atom. The smallest absolute Gasteiger partial charge is 0.305 e. The summed E-state index contributed by atoms with van der Waals surface area (Å²) in [6.07, 6.45) is 39.8. The maximum Gasteiger partial charge on any atom is 0.305 e. The molecule has 54 heavy (non-hydrogen) atoms. The summed E-state index contributed by atoms with van der Waals surface area (Å²) < 4.78 is 11.0. The van der Waals surface area contributed by atoms with Crippen molar-refractivity contribution in [2.24, 2.45) is 0 Å². The number of esters is 2. The number of rotatable bonds is 43. The molecule has 0 rings (SSSR count). The zero-order valence-corrected chi connectivity index (χ0v) is 37.2. The molecule has 0 saturated heterocycles. The highest BCUT2D eigenvalue weighted by Crippen LogP contribution is 2.16. The molecular weight excluding hydrogens is 693 g/mol. The van der Waals surface area contributed by atoms with Crippen molar-refractivity contribution in [3.05, 3.63) is 0 Å². The Kier molecular flexibility index (Phi) is 41.8. The zero-order chi connectivity index (χ0) is 39.6. The third-order valence-corrected chi connectivity index (χ3v) is 11.4. The molecule has 0 bridgehead atoms. The summed E-state index contributed by atoms with van der Waals surface area (Å²) in [7, 11) is 4.05. The first kappa shape index (κ1) is 52.7. The van der Waals surface area contributed by atoms with Gasteiger partial charge in [0.25, 0.3) is 0 Å². The van der Waals surface area contributed by atoms with Gasteiger partial charge in [-0.25, -0.2) is 0 Å². The second-order valence-corrected chi connectivity index (χ2v) is 17.2. The third-order valence-electron chi connectivity index (χ3n) is 10.5. The number of hydrogen-bond donors (Lipinski definition) is 0. The van der Waals surface area contributed by atoms with Crippen LogP contribution in [0.15, 0.2) is 0 Å². The van der Waals surface area contributed by atoms with E-state index in [4.69, 9.17) is 9.47 Å². The highest BCUT2D eigenvalue weighted by atomic mass is 32.2. The normalized spacial score (nSPS) is 11.4. The molecule has 0 aliphatic carbocycles. The van der Waals surface area contributed by atoms with Crippen LogP contribution in [0.2, 0.25) is 0 Å². The van der Waals surface area contributed by atoms with Crippen LogP contribution >= 0.6 is 11.8 Å². The largest absolute Gasteiger partial charge is 0.464 e. The standard InChI is InChI=1S/C46H90N2O5S/c1-5-7-9-11-13-15-17-19-21-23-25-27-29-31-33-35-45(50)52-40-37-48(44(49)43-54-42-39-47(3)4)38-41-53-46(51)36-34-32-30-28-26-24-22-20-18-16-14-12-10-8-6-2/h5-43H2,1-4H3. The van der Waals surface area contributed by atoms with E-state index < -0.39 is 0 Å². The molecule has 7 nitrogen and oxygen atoms in total. The van der Waals surface area contributed by atoms with Crippen LogP contribution in [0.3, 0.4) is 0 Å². The molecular formula is C46H90N2O5S. The number of nitrogens with zero attached hydrogens (tertiary/aromatic N) is 2. The van der Waals surface area contributed by atoms with E-state index in [0.29, 0.717) is 31.7 Å². The van der Waals surface area contributed by atoms with Crippen LogP contribution in [0.5, 0.6) is 0 Å². The minimum atomic E-state index is -0.188. The van der Waals surface area contributed by atoms with Crippen LogP contribution in [0.25, 0.3) is 0 Å². The first-order valence-corrected chi connectivity index (χ1v) is 24.4. The van der Waals surface area contributed by atoms with Crippen LogP contribution < -0.4 is 0 Å². The molecule has 1 amide bonds. The van der Waals surface area contributed by atoms with Gasteiger partial charge in [-0.3, -0.25) is 14.4 Å². The van der Waals surface area contributed by atoms with Gasteiger partial charge in [0.2, 0.25) is 5.91 Å². The number of carbonyl (C=O) groups excluding carboxylic acids is 3. The van der Waals surface area contributed by atoms with Gasteiger partial charge in [-0.15, -0.1) is 0 Å². The first-order valence-electron chi connectivity index (χ1n) is 23.2. The van der Waals surface area contributed by atoms with E-state index in [-0.39, 0.29) is 31.1 Å². The average Bonchev–Trinajstić information content (AvgIpc) is 3.15. The van der Waals surface area contributed by atoms with Gasteiger partial charge in [0.15, 0.2) is 0 Å². The van der Waals surface area contributed by atoms with Crippen molar-refractivity contribution in [3.63, 3.8) is 0 Å². The topological polar surface area (TPSA) is 76.1 Å². The van der Waals surface area contributed by atoms with Gasteiger partial charge < -0.3 is 19.3 Å². The highest BCUT2D eigenvalue weighted by molar-refractivity contribution is 7.99. The Labute approximate surface area is 340 Å². The van der Waals surface area contributed by atoms with E-state index >= 15 is 0 Å². The Morgan fingerprint density at radius 3 is 1.02 bits per heavy atom. The molecule has 0 aromatic rings. The number of ether oxygens (including phenoxy) is 2. The SMILES string of the molecule is CCCCCCCCCCCCCCCCCC(=O)OCCN(CCOC(=O)CCCCCCCCCCCCCCCCC)C(=O)CSCCN(C)C. The van der Waals surface area contributed by atoms with Crippen LogP contribution in [-0.4, -0.2) is 86.1 Å². The first-order chi connectivity index (χ1) is 26.4. The van der Waals surface area contributed by atoms with Gasteiger partial charge in [0.05, 0.1) is 18.8 Å². The molecule has 0 spiro atoms. The molecule has 320 valence electrons. The van der Waals surface area contributed by atoms with Gasteiger partial charge in [-0.1, -0.05) is 194 Å². The van der Waals surface area contributed by atoms with Gasteiger partial charge in [0, 0.05) is 25.1 Å². The van der Waals surface area contributed by atoms with Crippen LogP contribution in [-0.2, 0) is 23.9 Å². The van der Waals surface area contributed by atoms with Crippen molar-refractivity contribution in [2.75, 3.05) is 58.4 Å². The minimum absolute atomic E-state index is 0.00401. The molecule has 0 atom stereocenters. The number of hydrogen-bond acceptors (Lipinski definition) is 7. The van der Waals surface area contributed by atoms with E-state index in [1.165, 1.54) is 167 Å². The van der Waals surface area contributed by atoms with Gasteiger partial charge in [-0.2, -0.15) is 11.8 Å². The fraction of sp³-hybridized carbons (Fsp3) is 0.935. The molecule has 0 aliphatic rings. The molecule has 0 aromatic carbocycles. The summed E-state index contributed by atoms with van der Waals surface area (Å²) in [6, 6.07) is 0. The van der Waals surface area contributed by atoms with Gasteiger partial charge in [-0.05, 0) is 26.9 Å². The second-order valence-electron chi connectivity index (χ2n) is 16.1. The molecule has 0 aliphatic heterocycles. The Hall–Kier alpha value is -1.28. The average molecular weight is 783 g/mol. The fourth-order valence-electron chi connectivity index (χ4n) is 6.82. The van der Waals surface area contributed by atoms with Crippen LogP contribution in [0, 0.1) is 0 Å². The second kappa shape index (κ2) is 42.9. The molecule has 0 saturated carbocycles. The predicted molar refractivity (Wildman–Crippen MR) is 233 cm³/mol. The van der Waals surface area contributed by atoms with E-state index in [1.54, 1.807) is 16.7 Å². The van der Waals surface area contributed by atoms with Crippen molar-refractivity contribution in [2.45, 2.75) is 219 Å². The lowest BCUT2D eigenvalue weighted by atomic mass is 10.0.